The highest BCUT2D eigenvalue weighted by Crippen LogP contribution is 2.29. The van der Waals surface area contributed by atoms with Crippen LogP contribution in [0.15, 0.2) is 23.1 Å². The Morgan fingerprint density at radius 3 is 2.96 bits per heavy atom. The van der Waals surface area contributed by atoms with E-state index in [2.05, 4.69) is 25.5 Å². The Bertz CT molecular complexity index is 1060. The van der Waals surface area contributed by atoms with Crippen molar-refractivity contribution in [2.24, 2.45) is 7.05 Å². The van der Waals surface area contributed by atoms with Crippen molar-refractivity contribution >= 4 is 17.3 Å². The van der Waals surface area contributed by atoms with Gasteiger partial charge in [0.1, 0.15) is 11.1 Å². The van der Waals surface area contributed by atoms with E-state index >= 15 is 0 Å². The third-order valence-electron chi connectivity index (χ3n) is 4.59. The summed E-state index contributed by atoms with van der Waals surface area (Å²) < 4.78 is 21.6. The van der Waals surface area contributed by atoms with Crippen molar-refractivity contribution < 1.29 is 9.13 Å². The van der Waals surface area contributed by atoms with Gasteiger partial charge in [-0.3, -0.25) is 4.79 Å². The zero-order valence-corrected chi connectivity index (χ0v) is 15.9. The number of anilines is 1. The molecule has 1 saturated heterocycles. The van der Waals surface area contributed by atoms with Crippen LogP contribution in [0.3, 0.4) is 0 Å². The van der Waals surface area contributed by atoms with E-state index in [1.807, 2.05) is 4.90 Å². The predicted molar refractivity (Wildman–Crippen MR) is 100 cm³/mol. The topological polar surface area (TPSA) is 102 Å². The SMILES string of the molecule is Cc1nnn(C)c1-c1cc(F)nc(O[C@@H]2CCN(c3cn[nH]c(=O)c3Cl)C2)c1. The van der Waals surface area contributed by atoms with Crippen LogP contribution in [0.2, 0.25) is 5.02 Å². The second kappa shape index (κ2) is 7.19. The van der Waals surface area contributed by atoms with Gasteiger partial charge in [-0.05, 0) is 6.92 Å². The van der Waals surface area contributed by atoms with Crippen LogP contribution in [-0.4, -0.2) is 49.4 Å². The molecule has 0 saturated carbocycles. The molecule has 1 fully saturated rings. The number of aromatic nitrogens is 6. The third-order valence-corrected chi connectivity index (χ3v) is 4.95. The smallest absolute Gasteiger partial charge is 0.285 e. The van der Waals surface area contributed by atoms with Gasteiger partial charge in [0.05, 0.1) is 29.8 Å². The van der Waals surface area contributed by atoms with E-state index in [4.69, 9.17) is 16.3 Å². The van der Waals surface area contributed by atoms with E-state index in [0.29, 0.717) is 42.1 Å². The molecule has 0 amide bonds. The number of aryl methyl sites for hydroxylation is 2. The monoisotopic (exact) mass is 405 g/mol. The Hall–Kier alpha value is -3.01. The lowest BCUT2D eigenvalue weighted by atomic mass is 10.1. The Kier molecular flexibility index (Phi) is 4.71. The fourth-order valence-corrected chi connectivity index (χ4v) is 3.55. The van der Waals surface area contributed by atoms with Gasteiger partial charge in [-0.1, -0.05) is 16.8 Å². The maximum atomic E-state index is 14.1. The van der Waals surface area contributed by atoms with E-state index in [0.717, 1.165) is 0 Å². The molecule has 146 valence electrons. The zero-order valence-electron chi connectivity index (χ0n) is 15.2. The van der Waals surface area contributed by atoms with Gasteiger partial charge in [0.2, 0.25) is 11.8 Å². The summed E-state index contributed by atoms with van der Waals surface area (Å²) in [6.45, 7) is 2.91. The lowest BCUT2D eigenvalue weighted by Gasteiger charge is -2.19. The minimum absolute atomic E-state index is 0.0843. The van der Waals surface area contributed by atoms with Gasteiger partial charge in [-0.2, -0.15) is 14.5 Å². The molecule has 11 heteroatoms. The molecule has 4 rings (SSSR count). The van der Waals surface area contributed by atoms with E-state index in [1.165, 1.54) is 12.3 Å². The lowest BCUT2D eigenvalue weighted by Crippen LogP contribution is -2.26. The molecule has 3 aromatic rings. The standard InChI is InChI=1S/C17H17ClFN7O2/c1-9-16(25(2)24-22-9)10-5-13(19)21-14(6-10)28-11-3-4-26(8-11)12-7-20-23-17(27)15(12)18/h5-7,11H,3-4,8H2,1-2H3,(H,23,27)/t11-/m1/s1. The van der Waals surface area contributed by atoms with E-state index in [-0.39, 0.29) is 17.0 Å². The van der Waals surface area contributed by atoms with Gasteiger partial charge in [-0.25, -0.2) is 9.78 Å². The van der Waals surface area contributed by atoms with Gasteiger partial charge in [-0.15, -0.1) is 5.10 Å². The molecular weight excluding hydrogens is 389 g/mol. The van der Waals surface area contributed by atoms with Crippen LogP contribution >= 0.6 is 11.6 Å². The second-order valence-corrected chi connectivity index (χ2v) is 6.91. The maximum absolute atomic E-state index is 14.1. The molecule has 1 aliphatic rings. The van der Waals surface area contributed by atoms with Crippen LogP contribution in [0.1, 0.15) is 12.1 Å². The van der Waals surface area contributed by atoms with Gasteiger partial charge < -0.3 is 9.64 Å². The molecule has 1 atom stereocenters. The molecule has 28 heavy (non-hydrogen) atoms. The summed E-state index contributed by atoms with van der Waals surface area (Å²) in [5.74, 6) is -0.470. The Labute approximate surface area is 164 Å². The number of rotatable bonds is 4. The van der Waals surface area contributed by atoms with E-state index in [1.54, 1.807) is 24.7 Å². The molecule has 0 spiro atoms. The molecule has 9 nitrogen and oxygen atoms in total. The summed E-state index contributed by atoms with van der Waals surface area (Å²) in [7, 11) is 1.74. The second-order valence-electron chi connectivity index (χ2n) is 6.54. The first kappa shape index (κ1) is 18.4. The number of pyridine rings is 1. The molecule has 0 aliphatic carbocycles. The van der Waals surface area contributed by atoms with Crippen molar-refractivity contribution in [3.63, 3.8) is 0 Å². The van der Waals surface area contributed by atoms with Crippen LogP contribution in [0, 0.1) is 12.9 Å². The summed E-state index contributed by atoms with van der Waals surface area (Å²) in [5, 5.41) is 14.1. The highest BCUT2D eigenvalue weighted by molar-refractivity contribution is 6.33. The average molecular weight is 406 g/mol. The third kappa shape index (κ3) is 3.42. The van der Waals surface area contributed by atoms with E-state index in [9.17, 15) is 9.18 Å². The summed E-state index contributed by atoms with van der Waals surface area (Å²) >= 11 is 6.07. The van der Waals surface area contributed by atoms with Crippen LogP contribution in [0.4, 0.5) is 10.1 Å². The molecule has 0 radical (unpaired) electrons. The van der Waals surface area contributed by atoms with Crippen molar-refractivity contribution in [2.75, 3.05) is 18.0 Å². The molecule has 4 heterocycles. The summed E-state index contributed by atoms with van der Waals surface area (Å²) in [5.41, 5.74) is 2.06. The first-order valence-electron chi connectivity index (χ1n) is 8.61. The molecular formula is C17H17ClFN7O2. The fraction of sp³-hybridized carbons (Fsp3) is 0.353. The average Bonchev–Trinajstić information content (AvgIpc) is 3.23. The zero-order chi connectivity index (χ0) is 19.8. The van der Waals surface area contributed by atoms with Gasteiger partial charge in [0.25, 0.3) is 5.56 Å². The fourth-order valence-electron chi connectivity index (χ4n) is 3.33. The van der Waals surface area contributed by atoms with Gasteiger partial charge in [0, 0.05) is 37.7 Å². The van der Waals surface area contributed by atoms with Crippen molar-refractivity contribution in [1.82, 2.24) is 30.2 Å². The van der Waals surface area contributed by atoms with Crippen LogP contribution in [0.25, 0.3) is 11.3 Å². The number of nitrogens with one attached hydrogen (secondary N) is 1. The maximum Gasteiger partial charge on any atom is 0.285 e. The molecule has 3 aromatic heterocycles. The van der Waals surface area contributed by atoms with Crippen molar-refractivity contribution in [2.45, 2.75) is 19.4 Å². The molecule has 1 aliphatic heterocycles. The minimum atomic E-state index is -0.648. The van der Waals surface area contributed by atoms with Crippen LogP contribution in [-0.2, 0) is 7.05 Å². The van der Waals surface area contributed by atoms with Crippen molar-refractivity contribution in [3.8, 4) is 17.1 Å². The molecule has 1 N–H and O–H groups in total. The first-order chi connectivity index (χ1) is 13.4. The molecule has 0 aromatic carbocycles. The van der Waals surface area contributed by atoms with Crippen molar-refractivity contribution in [1.29, 1.82) is 0 Å². The Balaban J connectivity index is 1.54. The summed E-state index contributed by atoms with van der Waals surface area (Å²) in [6.07, 6.45) is 1.94. The van der Waals surface area contributed by atoms with Crippen molar-refractivity contribution in [3.05, 3.63) is 45.3 Å². The van der Waals surface area contributed by atoms with E-state index < -0.39 is 11.5 Å². The van der Waals surface area contributed by atoms with Gasteiger partial charge >= 0.3 is 0 Å². The molecule has 0 unspecified atom stereocenters. The largest absolute Gasteiger partial charge is 0.472 e. The quantitative estimate of drug-likeness (QED) is 0.659. The van der Waals surface area contributed by atoms with Gasteiger partial charge in [0.15, 0.2) is 0 Å². The summed E-state index contributed by atoms with van der Waals surface area (Å²) in [4.78, 5) is 17.4. The highest BCUT2D eigenvalue weighted by Gasteiger charge is 2.27. The summed E-state index contributed by atoms with van der Waals surface area (Å²) in [6, 6.07) is 2.99. The Morgan fingerprint density at radius 2 is 2.21 bits per heavy atom. The Morgan fingerprint density at radius 1 is 1.39 bits per heavy atom. The number of hydrogen-bond donors (Lipinski definition) is 1. The normalized spacial score (nSPS) is 16.6. The number of ether oxygens (including phenoxy) is 1. The first-order valence-corrected chi connectivity index (χ1v) is 8.99. The lowest BCUT2D eigenvalue weighted by molar-refractivity contribution is 0.213. The van der Waals surface area contributed by atoms with Crippen LogP contribution < -0.4 is 15.2 Å². The number of nitrogens with zero attached hydrogens (tertiary/aromatic N) is 6. The molecule has 0 bridgehead atoms. The predicted octanol–water partition coefficient (Wildman–Crippen LogP) is 1.72. The number of hydrogen-bond acceptors (Lipinski definition) is 7. The number of halogens is 2. The number of H-pyrrole nitrogens is 1. The van der Waals surface area contributed by atoms with Crippen LogP contribution in [0.5, 0.6) is 5.88 Å². The number of aromatic amines is 1. The minimum Gasteiger partial charge on any atom is -0.472 e. The highest BCUT2D eigenvalue weighted by atomic mass is 35.5.